The third-order valence-corrected chi connectivity index (χ3v) is 2.71. The summed E-state index contributed by atoms with van der Waals surface area (Å²) in [6, 6.07) is 5.25. The van der Waals surface area contributed by atoms with Crippen LogP contribution in [0.3, 0.4) is 0 Å². The number of aromatic amines is 1. The highest BCUT2D eigenvalue weighted by molar-refractivity contribution is 7.99. The van der Waals surface area contributed by atoms with Crippen molar-refractivity contribution in [3.8, 4) is 0 Å². The molecule has 0 saturated heterocycles. The van der Waals surface area contributed by atoms with E-state index in [4.69, 9.17) is 11.5 Å². The molecule has 0 unspecified atom stereocenters. The first-order valence-corrected chi connectivity index (χ1v) is 5.45. The number of hydrogen-bond acceptors (Lipinski definition) is 5. The van der Waals surface area contributed by atoms with Gasteiger partial charge in [0.15, 0.2) is 5.16 Å². The maximum absolute atomic E-state index is 13.1. The summed E-state index contributed by atoms with van der Waals surface area (Å²) >= 11 is 1.08. The fourth-order valence-electron chi connectivity index (χ4n) is 1.26. The van der Waals surface area contributed by atoms with Gasteiger partial charge in [0, 0.05) is 16.6 Å². The van der Waals surface area contributed by atoms with Crippen molar-refractivity contribution >= 4 is 23.3 Å². The van der Waals surface area contributed by atoms with Crippen LogP contribution in [0, 0.1) is 5.82 Å². The molecule has 0 amide bonds. The van der Waals surface area contributed by atoms with E-state index in [1.807, 2.05) is 0 Å². The molecule has 17 heavy (non-hydrogen) atoms. The molecular weight excluding hydrogens is 243 g/mol. The molecule has 2 aromatic rings. The molecule has 5 N–H and O–H groups in total. The van der Waals surface area contributed by atoms with Crippen LogP contribution in [0.15, 0.2) is 39.1 Å². The standard InChI is InChI=1S/C10H9FN4OS/c11-5-1-6(12)3-7(2-5)17-10-14-8(13)4-9(16)15-10/h1-4H,12H2,(H3,13,14,15,16). The zero-order valence-corrected chi connectivity index (χ0v) is 9.42. The average molecular weight is 252 g/mol. The number of aromatic nitrogens is 2. The van der Waals surface area contributed by atoms with Gasteiger partial charge in [-0.2, -0.15) is 0 Å². The Bertz CT molecular complexity index is 593. The highest BCUT2D eigenvalue weighted by Gasteiger charge is 2.04. The maximum Gasteiger partial charge on any atom is 0.253 e. The molecule has 7 heteroatoms. The summed E-state index contributed by atoms with van der Waals surface area (Å²) in [5, 5.41) is 0.292. The lowest BCUT2D eigenvalue weighted by atomic mass is 10.3. The minimum absolute atomic E-state index is 0.112. The lowest BCUT2D eigenvalue weighted by Gasteiger charge is -2.03. The van der Waals surface area contributed by atoms with E-state index in [2.05, 4.69) is 9.97 Å². The molecule has 0 bridgehead atoms. The van der Waals surface area contributed by atoms with E-state index in [0.717, 1.165) is 11.8 Å². The van der Waals surface area contributed by atoms with E-state index in [-0.39, 0.29) is 11.4 Å². The van der Waals surface area contributed by atoms with E-state index < -0.39 is 5.82 Å². The van der Waals surface area contributed by atoms with Crippen molar-refractivity contribution in [1.82, 2.24) is 9.97 Å². The quantitative estimate of drug-likeness (QED) is 0.551. The summed E-state index contributed by atoms with van der Waals surface area (Å²) in [6.45, 7) is 0. The Morgan fingerprint density at radius 1 is 1.24 bits per heavy atom. The highest BCUT2D eigenvalue weighted by Crippen LogP contribution is 2.26. The predicted molar refractivity (Wildman–Crippen MR) is 64.2 cm³/mol. The van der Waals surface area contributed by atoms with Gasteiger partial charge in [-0.05, 0) is 18.2 Å². The van der Waals surface area contributed by atoms with Gasteiger partial charge in [0.05, 0.1) is 0 Å². The first-order chi connectivity index (χ1) is 8.02. The summed E-state index contributed by atoms with van der Waals surface area (Å²) in [5.41, 5.74) is 10.9. The molecule has 1 aromatic heterocycles. The van der Waals surface area contributed by atoms with E-state index in [1.54, 1.807) is 6.07 Å². The summed E-state index contributed by atoms with van der Waals surface area (Å²) in [4.78, 5) is 18.1. The minimum Gasteiger partial charge on any atom is -0.399 e. The lowest BCUT2D eigenvalue weighted by molar-refractivity contribution is 0.625. The maximum atomic E-state index is 13.1. The van der Waals surface area contributed by atoms with Crippen molar-refractivity contribution in [3.05, 3.63) is 40.4 Å². The lowest BCUT2D eigenvalue weighted by Crippen LogP contribution is -2.09. The molecule has 5 nitrogen and oxygen atoms in total. The molecule has 0 radical (unpaired) electrons. The van der Waals surface area contributed by atoms with Gasteiger partial charge in [0.1, 0.15) is 11.6 Å². The van der Waals surface area contributed by atoms with Gasteiger partial charge in [-0.3, -0.25) is 4.79 Å². The molecule has 0 aliphatic heterocycles. The summed E-state index contributed by atoms with van der Waals surface area (Å²) < 4.78 is 13.1. The van der Waals surface area contributed by atoms with Crippen molar-refractivity contribution in [3.63, 3.8) is 0 Å². The third-order valence-electron chi connectivity index (χ3n) is 1.85. The van der Waals surface area contributed by atoms with Crippen LogP contribution in [-0.2, 0) is 0 Å². The van der Waals surface area contributed by atoms with Gasteiger partial charge in [-0.15, -0.1) is 0 Å². The number of nitrogens with zero attached hydrogens (tertiary/aromatic N) is 1. The first-order valence-electron chi connectivity index (χ1n) is 4.64. The number of nitrogen functional groups attached to an aromatic ring is 2. The molecule has 88 valence electrons. The van der Waals surface area contributed by atoms with Crippen LogP contribution < -0.4 is 17.0 Å². The van der Waals surface area contributed by atoms with Crippen LogP contribution in [0.5, 0.6) is 0 Å². The molecule has 1 heterocycles. The largest absolute Gasteiger partial charge is 0.399 e. The molecule has 0 aliphatic carbocycles. The van der Waals surface area contributed by atoms with Gasteiger partial charge in [-0.1, -0.05) is 11.8 Å². The second-order valence-electron chi connectivity index (χ2n) is 3.30. The van der Waals surface area contributed by atoms with E-state index in [1.165, 1.54) is 18.2 Å². The Morgan fingerprint density at radius 3 is 2.65 bits per heavy atom. The summed E-state index contributed by atoms with van der Waals surface area (Å²) in [7, 11) is 0. The van der Waals surface area contributed by atoms with Crippen molar-refractivity contribution in [2.24, 2.45) is 0 Å². The zero-order valence-electron chi connectivity index (χ0n) is 8.61. The Labute approximate surface area is 100 Å². The highest BCUT2D eigenvalue weighted by atomic mass is 32.2. The molecule has 0 saturated carbocycles. The smallest absolute Gasteiger partial charge is 0.253 e. The second-order valence-corrected chi connectivity index (χ2v) is 4.36. The van der Waals surface area contributed by atoms with Gasteiger partial charge < -0.3 is 16.5 Å². The number of nitrogens with one attached hydrogen (secondary N) is 1. The number of nitrogens with two attached hydrogens (primary N) is 2. The first kappa shape index (κ1) is 11.5. The SMILES string of the molecule is Nc1cc(F)cc(Sc2nc(N)cc(=O)[nH]2)c1. The molecule has 0 aliphatic rings. The van der Waals surface area contributed by atoms with Crippen LogP contribution in [-0.4, -0.2) is 9.97 Å². The third kappa shape index (κ3) is 2.97. The zero-order chi connectivity index (χ0) is 12.4. The summed E-state index contributed by atoms with van der Waals surface area (Å²) in [5.74, 6) is -0.334. The molecule has 0 atom stereocenters. The monoisotopic (exact) mass is 252 g/mol. The Balaban J connectivity index is 2.34. The van der Waals surface area contributed by atoms with Crippen LogP contribution in [0.2, 0.25) is 0 Å². The molecule has 2 rings (SSSR count). The van der Waals surface area contributed by atoms with Crippen molar-refractivity contribution in [1.29, 1.82) is 0 Å². The number of H-pyrrole nitrogens is 1. The topological polar surface area (TPSA) is 97.8 Å². The van der Waals surface area contributed by atoms with E-state index in [0.29, 0.717) is 15.7 Å². The van der Waals surface area contributed by atoms with Crippen LogP contribution in [0.1, 0.15) is 0 Å². The number of rotatable bonds is 2. The number of halogens is 1. The van der Waals surface area contributed by atoms with Crippen molar-refractivity contribution in [2.75, 3.05) is 11.5 Å². The van der Waals surface area contributed by atoms with Gasteiger partial charge >= 0.3 is 0 Å². The van der Waals surface area contributed by atoms with Gasteiger partial charge in [0.25, 0.3) is 5.56 Å². The molecule has 0 fully saturated rings. The molecule has 0 spiro atoms. The summed E-state index contributed by atoms with van der Waals surface area (Å²) in [6.07, 6.45) is 0. The fourth-order valence-corrected chi connectivity index (χ4v) is 2.15. The predicted octanol–water partition coefficient (Wildman–Crippen LogP) is 1.22. The Morgan fingerprint density at radius 2 is 2.00 bits per heavy atom. The average Bonchev–Trinajstić information content (AvgIpc) is 2.13. The van der Waals surface area contributed by atoms with E-state index >= 15 is 0 Å². The fraction of sp³-hybridized carbons (Fsp3) is 0. The van der Waals surface area contributed by atoms with Crippen LogP contribution >= 0.6 is 11.8 Å². The Kier molecular flexibility index (Phi) is 3.01. The van der Waals surface area contributed by atoms with Gasteiger partial charge in [-0.25, -0.2) is 9.37 Å². The minimum atomic E-state index is -0.446. The van der Waals surface area contributed by atoms with Crippen LogP contribution in [0.4, 0.5) is 15.9 Å². The van der Waals surface area contributed by atoms with E-state index in [9.17, 15) is 9.18 Å². The van der Waals surface area contributed by atoms with Crippen molar-refractivity contribution in [2.45, 2.75) is 10.1 Å². The number of hydrogen-bond donors (Lipinski definition) is 3. The number of benzene rings is 1. The second kappa shape index (κ2) is 4.46. The van der Waals surface area contributed by atoms with Crippen LogP contribution in [0.25, 0.3) is 0 Å². The van der Waals surface area contributed by atoms with Crippen molar-refractivity contribution < 1.29 is 4.39 Å². The molecule has 1 aromatic carbocycles. The molecular formula is C10H9FN4OS. The normalized spacial score (nSPS) is 10.4. The Hall–Kier alpha value is -2.02. The van der Waals surface area contributed by atoms with Gasteiger partial charge in [0.2, 0.25) is 0 Å². The number of anilines is 2.